The molecule has 0 spiro atoms. The van der Waals surface area contributed by atoms with Crippen LogP contribution in [0.25, 0.3) is 0 Å². The maximum absolute atomic E-state index is 2.31. The summed E-state index contributed by atoms with van der Waals surface area (Å²) >= 11 is 6.94. The standard InChI is InChI=1S/As.3Li. The average Bonchev–Trinajstić information content (AvgIpc) is 0.811. The van der Waals surface area contributed by atoms with Crippen LogP contribution in [-0.2, 0) is 0 Å². The summed E-state index contributed by atoms with van der Waals surface area (Å²) < 4.78 is 0. The van der Waals surface area contributed by atoms with Crippen molar-refractivity contribution in [3.63, 3.8) is 0 Å². The summed E-state index contributed by atoms with van der Waals surface area (Å²) in [4.78, 5) is 0. The van der Waals surface area contributed by atoms with Gasteiger partial charge in [-0.1, -0.05) is 0 Å². The van der Waals surface area contributed by atoms with Gasteiger partial charge in [0.2, 0.25) is 0 Å². The first kappa shape index (κ1) is 6.35. The van der Waals surface area contributed by atoms with E-state index in [9.17, 15) is 0 Å². The van der Waals surface area contributed by atoms with E-state index in [1.807, 2.05) is 0 Å². The van der Waals surface area contributed by atoms with Crippen LogP contribution in [0, 0.1) is 0 Å². The first-order chi connectivity index (χ1) is 1.73. The van der Waals surface area contributed by atoms with Gasteiger partial charge in [-0.3, -0.25) is 0 Å². The second-order valence-electron chi connectivity index (χ2n) is 1.34. The van der Waals surface area contributed by atoms with Crippen molar-refractivity contribution in [3.05, 3.63) is 0 Å². The molecule has 0 aliphatic heterocycles. The Morgan fingerprint density at radius 3 is 1.00 bits per heavy atom. The Balaban J connectivity index is 2.32. The molecule has 4 heavy (non-hydrogen) atoms. The normalized spacial score (nSPS) is 9.75. The van der Waals surface area contributed by atoms with Crippen LogP contribution in [0.15, 0.2) is 0 Å². The Morgan fingerprint density at radius 1 is 1.00 bits per heavy atom. The van der Waals surface area contributed by atoms with Gasteiger partial charge < -0.3 is 0 Å². The van der Waals surface area contributed by atoms with E-state index in [4.69, 9.17) is 0 Å². The van der Waals surface area contributed by atoms with Gasteiger partial charge in [-0.2, -0.15) is 0 Å². The predicted molar refractivity (Wildman–Crippen MR) is 23.0 cm³/mol. The Bertz CT molecular complexity index is 8.00. The Labute approximate surface area is 53.8 Å². The fourth-order valence-corrected chi connectivity index (χ4v) is 0. The van der Waals surface area contributed by atoms with Crippen LogP contribution in [0.1, 0.15) is 0 Å². The van der Waals surface area contributed by atoms with Crippen LogP contribution < -0.4 is 0 Å². The van der Waals surface area contributed by atoms with Crippen molar-refractivity contribution in [2.75, 3.05) is 0 Å². The van der Waals surface area contributed by atoms with Crippen molar-refractivity contribution in [1.29, 1.82) is 0 Å². The van der Waals surface area contributed by atoms with Crippen LogP contribution in [0.2, 0.25) is 0 Å². The third kappa shape index (κ3) is 8.84. The fourth-order valence-electron chi connectivity index (χ4n) is 0. The molecule has 0 radical (unpaired) electrons. The van der Waals surface area contributed by atoms with E-state index in [0.717, 1.165) is 0 Å². The van der Waals surface area contributed by atoms with E-state index in [-0.39, 0.29) is 7.88 Å². The Hall–Kier alpha value is 2.35. The molecule has 0 aliphatic carbocycles. The second-order valence-corrected chi connectivity index (χ2v) is 6.97. The molecule has 0 fully saturated rings. The molecule has 0 amide bonds. The zero-order chi connectivity index (χ0) is 3.58. The Morgan fingerprint density at radius 2 is 1.00 bits per heavy atom. The molecule has 0 aromatic rings. The molecule has 0 N–H and O–H groups in total. The second kappa shape index (κ2) is 3.54. The van der Waals surface area contributed by atoms with Crippen LogP contribution in [0.3, 0.4) is 0 Å². The quantitative estimate of drug-likeness (QED) is 0.321. The van der Waals surface area contributed by atoms with Crippen LogP contribution in [0.5, 0.6) is 0 Å². The summed E-state index contributed by atoms with van der Waals surface area (Å²) in [7, 11) is -0.188. The molecule has 0 aliphatic rings. The maximum atomic E-state index is 2.31. The van der Waals surface area contributed by atoms with Crippen molar-refractivity contribution >= 4 is 54.6 Å². The number of hydrogen-bond donors (Lipinski definition) is 0. The van der Waals surface area contributed by atoms with Crippen LogP contribution >= 0.6 is 0 Å². The van der Waals surface area contributed by atoms with Crippen LogP contribution in [0.4, 0.5) is 0 Å². The summed E-state index contributed by atoms with van der Waals surface area (Å²) in [6.07, 6.45) is 0. The Kier molecular flexibility index (Phi) is 5.62. The number of hydrogen-bond acceptors (Lipinski definition) is 0. The first-order valence-electron chi connectivity index (χ1n) is 1.34. The van der Waals surface area contributed by atoms with E-state index < -0.39 is 0 Å². The van der Waals surface area contributed by atoms with E-state index in [1.165, 1.54) is 0 Å². The minimum atomic E-state index is -0.188. The summed E-state index contributed by atoms with van der Waals surface area (Å²) in [6, 6.07) is 0. The predicted octanol–water partition coefficient (Wildman–Crippen LogP) is -1.52. The van der Waals surface area contributed by atoms with Gasteiger partial charge in [0, 0.05) is 0 Å². The van der Waals surface area contributed by atoms with Crippen molar-refractivity contribution in [2.45, 2.75) is 0 Å². The monoisotopic (exact) mass is 96.0 g/mol. The molecule has 0 nitrogen and oxygen atoms in total. The van der Waals surface area contributed by atoms with E-state index in [2.05, 4.69) is 46.8 Å². The van der Waals surface area contributed by atoms with Crippen molar-refractivity contribution < 1.29 is 0 Å². The molecule has 0 aromatic heterocycles. The van der Waals surface area contributed by atoms with Crippen molar-refractivity contribution in [1.82, 2.24) is 0 Å². The van der Waals surface area contributed by atoms with Gasteiger partial charge in [0.25, 0.3) is 0 Å². The molecule has 0 aromatic carbocycles. The molecular weight excluding hydrogens is 95.7 g/mol. The minimum absolute atomic E-state index is 0.188. The molecule has 0 bridgehead atoms. The van der Waals surface area contributed by atoms with Crippen molar-refractivity contribution in [3.8, 4) is 0 Å². The van der Waals surface area contributed by atoms with Gasteiger partial charge in [0.15, 0.2) is 0 Å². The third-order valence-corrected chi connectivity index (χ3v) is 0. The molecular formula is AsLi3. The summed E-state index contributed by atoms with van der Waals surface area (Å²) in [5, 5.41) is 0. The average molecular weight is 95.7 g/mol. The summed E-state index contributed by atoms with van der Waals surface area (Å²) in [5.41, 5.74) is 0. The fraction of sp³-hybridized carbons (Fsp3) is 0. The van der Waals surface area contributed by atoms with Gasteiger partial charge in [-0.25, -0.2) is 0 Å². The van der Waals surface area contributed by atoms with E-state index in [0.29, 0.717) is 0 Å². The van der Waals surface area contributed by atoms with Gasteiger partial charge in [-0.05, 0) is 0 Å². The third-order valence-electron chi connectivity index (χ3n) is 0. The molecule has 0 heterocycles. The molecule has 4 heteroatoms. The molecule has 0 unspecified atom stereocenters. The molecule has 8 valence electrons. The van der Waals surface area contributed by atoms with Crippen LogP contribution in [-0.4, -0.2) is 54.6 Å². The molecule has 0 saturated heterocycles. The first-order valence-corrected chi connectivity index (χ1v) is 6.97. The molecule has 0 saturated carbocycles. The summed E-state index contributed by atoms with van der Waals surface area (Å²) in [5.74, 6) is 0. The number of rotatable bonds is 0. The SMILES string of the molecule is [Li][As]([Li])[Li]. The molecule has 0 rings (SSSR count). The van der Waals surface area contributed by atoms with Gasteiger partial charge in [-0.15, -0.1) is 0 Å². The molecule has 0 atom stereocenters. The topological polar surface area (TPSA) is 0 Å². The zero-order valence-electron chi connectivity index (χ0n) is 3.45. The van der Waals surface area contributed by atoms with Gasteiger partial charge >= 0.3 is 54.6 Å². The summed E-state index contributed by atoms with van der Waals surface area (Å²) in [6.45, 7) is 0. The van der Waals surface area contributed by atoms with Crippen molar-refractivity contribution in [2.24, 2.45) is 0 Å². The van der Waals surface area contributed by atoms with Gasteiger partial charge in [0.1, 0.15) is 0 Å². The van der Waals surface area contributed by atoms with E-state index in [1.54, 1.807) is 0 Å². The van der Waals surface area contributed by atoms with E-state index >= 15 is 0 Å². The van der Waals surface area contributed by atoms with Gasteiger partial charge in [0.05, 0.1) is 0 Å². The zero-order valence-corrected chi connectivity index (χ0v) is 5.32.